The Kier molecular flexibility index (Phi) is 3.71. The number of nitrogens with one attached hydrogen (secondary N) is 3. The summed E-state index contributed by atoms with van der Waals surface area (Å²) in [5.74, 6) is -0.178. The van der Waals surface area contributed by atoms with Crippen LogP contribution < -0.4 is 16.0 Å². The van der Waals surface area contributed by atoms with Crippen molar-refractivity contribution in [3.8, 4) is 0 Å². The summed E-state index contributed by atoms with van der Waals surface area (Å²) in [4.78, 5) is 22.6. The van der Waals surface area contributed by atoms with Gasteiger partial charge in [0.15, 0.2) is 0 Å². The monoisotopic (exact) mass is 237 g/mol. The summed E-state index contributed by atoms with van der Waals surface area (Å²) in [7, 11) is 0. The van der Waals surface area contributed by atoms with Gasteiger partial charge in [-0.2, -0.15) is 5.10 Å². The van der Waals surface area contributed by atoms with Gasteiger partial charge in [-0.1, -0.05) is 0 Å². The van der Waals surface area contributed by atoms with E-state index in [1.165, 1.54) is 0 Å². The van der Waals surface area contributed by atoms with Gasteiger partial charge in [-0.3, -0.25) is 19.6 Å². The summed E-state index contributed by atoms with van der Waals surface area (Å²) in [6, 6.07) is 1.49. The third-order valence-electron chi connectivity index (χ3n) is 2.53. The van der Waals surface area contributed by atoms with Gasteiger partial charge in [-0.25, -0.2) is 0 Å². The van der Waals surface area contributed by atoms with E-state index >= 15 is 0 Å². The molecular formula is C10H15N5O2. The maximum Gasteiger partial charge on any atom is 0.239 e. The van der Waals surface area contributed by atoms with Gasteiger partial charge in [0.05, 0.1) is 13.1 Å². The smallest absolute Gasteiger partial charge is 0.239 e. The summed E-state index contributed by atoms with van der Waals surface area (Å²) >= 11 is 0. The zero-order chi connectivity index (χ0) is 12.1. The van der Waals surface area contributed by atoms with Crippen LogP contribution in [0.3, 0.4) is 0 Å². The van der Waals surface area contributed by atoms with Gasteiger partial charge in [0.1, 0.15) is 6.04 Å². The molecule has 1 atom stereocenters. The Hall–Kier alpha value is -1.89. The van der Waals surface area contributed by atoms with Crippen LogP contribution in [0.4, 0.5) is 0 Å². The van der Waals surface area contributed by atoms with Crippen LogP contribution in [-0.4, -0.2) is 47.3 Å². The molecule has 1 aliphatic rings. The molecule has 1 fully saturated rings. The minimum Gasteiger partial charge on any atom is -0.353 e. The summed E-state index contributed by atoms with van der Waals surface area (Å²) < 4.78 is 1.75. The van der Waals surface area contributed by atoms with E-state index in [1.807, 2.05) is 12.3 Å². The Morgan fingerprint density at radius 1 is 1.65 bits per heavy atom. The van der Waals surface area contributed by atoms with E-state index in [0.717, 1.165) is 0 Å². The highest BCUT2D eigenvalue weighted by Crippen LogP contribution is 1.89. The molecule has 0 radical (unpaired) electrons. The largest absolute Gasteiger partial charge is 0.353 e. The third kappa shape index (κ3) is 3.28. The highest BCUT2D eigenvalue weighted by Gasteiger charge is 2.22. The fraction of sp³-hybridized carbons (Fsp3) is 0.500. The molecule has 0 bridgehead atoms. The second-order valence-corrected chi connectivity index (χ2v) is 3.80. The molecule has 2 amide bonds. The second-order valence-electron chi connectivity index (χ2n) is 3.80. The molecule has 2 heterocycles. The van der Waals surface area contributed by atoms with Crippen LogP contribution >= 0.6 is 0 Å². The van der Waals surface area contributed by atoms with E-state index in [1.54, 1.807) is 10.9 Å². The second kappa shape index (κ2) is 5.44. The van der Waals surface area contributed by atoms with Crippen molar-refractivity contribution in [2.45, 2.75) is 12.6 Å². The quantitative estimate of drug-likeness (QED) is 0.570. The van der Waals surface area contributed by atoms with E-state index in [4.69, 9.17) is 0 Å². The topological polar surface area (TPSA) is 88.1 Å². The van der Waals surface area contributed by atoms with E-state index in [0.29, 0.717) is 19.6 Å². The molecule has 1 saturated heterocycles. The Morgan fingerprint density at radius 2 is 2.53 bits per heavy atom. The molecule has 0 spiro atoms. The van der Waals surface area contributed by atoms with Crippen LogP contribution in [0.15, 0.2) is 18.5 Å². The minimum absolute atomic E-state index is 0.0782. The molecule has 0 aromatic carbocycles. The van der Waals surface area contributed by atoms with E-state index < -0.39 is 0 Å². The maximum atomic E-state index is 11.7. The molecule has 92 valence electrons. The summed E-state index contributed by atoms with van der Waals surface area (Å²) in [6.07, 6.45) is 3.53. The highest BCUT2D eigenvalue weighted by molar-refractivity contribution is 5.86. The van der Waals surface area contributed by atoms with Crippen molar-refractivity contribution in [3.05, 3.63) is 18.5 Å². The van der Waals surface area contributed by atoms with Gasteiger partial charge in [0, 0.05) is 25.5 Å². The molecule has 1 unspecified atom stereocenters. The first-order valence-electron chi connectivity index (χ1n) is 5.51. The van der Waals surface area contributed by atoms with Crippen LogP contribution in [0.25, 0.3) is 0 Å². The molecule has 1 aromatic heterocycles. The molecule has 17 heavy (non-hydrogen) atoms. The van der Waals surface area contributed by atoms with Crippen molar-refractivity contribution in [1.29, 1.82) is 0 Å². The average molecular weight is 237 g/mol. The first-order valence-corrected chi connectivity index (χ1v) is 5.51. The van der Waals surface area contributed by atoms with Crippen LogP contribution in [0.1, 0.15) is 0 Å². The number of carbonyl (C=O) groups excluding carboxylic acids is 2. The SMILES string of the molecule is O=C1CNC(C(=O)NCCn2cccn2)CN1. The lowest BCUT2D eigenvalue weighted by Gasteiger charge is -2.23. The lowest BCUT2D eigenvalue weighted by atomic mass is 10.2. The number of nitrogens with zero attached hydrogens (tertiary/aromatic N) is 2. The fourth-order valence-electron chi connectivity index (χ4n) is 1.60. The first kappa shape index (κ1) is 11.6. The number of hydrogen-bond acceptors (Lipinski definition) is 4. The Bertz CT molecular complexity index is 379. The number of rotatable bonds is 4. The predicted molar refractivity (Wildman–Crippen MR) is 60.0 cm³/mol. The minimum atomic E-state index is -0.342. The number of hydrogen-bond donors (Lipinski definition) is 3. The molecule has 2 rings (SSSR count). The third-order valence-corrected chi connectivity index (χ3v) is 2.53. The fourth-order valence-corrected chi connectivity index (χ4v) is 1.60. The lowest BCUT2D eigenvalue weighted by molar-refractivity contribution is -0.126. The zero-order valence-electron chi connectivity index (χ0n) is 9.35. The number of amides is 2. The summed E-state index contributed by atoms with van der Waals surface area (Å²) in [5.41, 5.74) is 0. The van der Waals surface area contributed by atoms with Gasteiger partial charge in [-0.15, -0.1) is 0 Å². The van der Waals surface area contributed by atoms with E-state index in [2.05, 4.69) is 21.0 Å². The zero-order valence-corrected chi connectivity index (χ0v) is 9.35. The molecule has 1 aliphatic heterocycles. The van der Waals surface area contributed by atoms with Crippen LogP contribution in [0.5, 0.6) is 0 Å². The normalized spacial score (nSPS) is 19.8. The molecular weight excluding hydrogens is 222 g/mol. The van der Waals surface area contributed by atoms with Crippen molar-refractivity contribution >= 4 is 11.8 Å². The van der Waals surface area contributed by atoms with Gasteiger partial charge in [-0.05, 0) is 6.07 Å². The van der Waals surface area contributed by atoms with Gasteiger partial charge in [0.2, 0.25) is 11.8 Å². The molecule has 7 nitrogen and oxygen atoms in total. The summed E-state index contributed by atoms with van der Waals surface area (Å²) in [6.45, 7) is 1.69. The van der Waals surface area contributed by atoms with Gasteiger partial charge >= 0.3 is 0 Å². The molecule has 1 aromatic rings. The van der Waals surface area contributed by atoms with Crippen LogP contribution in [-0.2, 0) is 16.1 Å². The summed E-state index contributed by atoms with van der Waals surface area (Å²) in [5, 5.41) is 12.3. The van der Waals surface area contributed by atoms with Crippen molar-refractivity contribution in [2.75, 3.05) is 19.6 Å². The molecule has 0 aliphatic carbocycles. The van der Waals surface area contributed by atoms with Crippen molar-refractivity contribution in [1.82, 2.24) is 25.7 Å². The molecule has 3 N–H and O–H groups in total. The highest BCUT2D eigenvalue weighted by atomic mass is 16.2. The average Bonchev–Trinajstić information content (AvgIpc) is 2.83. The van der Waals surface area contributed by atoms with Crippen LogP contribution in [0, 0.1) is 0 Å². The van der Waals surface area contributed by atoms with Gasteiger partial charge < -0.3 is 10.6 Å². The number of carbonyl (C=O) groups is 2. The first-order chi connectivity index (χ1) is 8.25. The Labute approximate surface area is 98.6 Å². The number of aromatic nitrogens is 2. The van der Waals surface area contributed by atoms with E-state index in [-0.39, 0.29) is 24.4 Å². The Morgan fingerprint density at radius 3 is 3.18 bits per heavy atom. The Balaban J connectivity index is 1.68. The van der Waals surface area contributed by atoms with Crippen molar-refractivity contribution < 1.29 is 9.59 Å². The van der Waals surface area contributed by atoms with Crippen molar-refractivity contribution in [3.63, 3.8) is 0 Å². The predicted octanol–water partition coefficient (Wildman–Crippen LogP) is -1.91. The number of piperazine rings is 1. The maximum absolute atomic E-state index is 11.7. The standard InChI is InChI=1S/C10H15N5O2/c16-9-7-12-8(6-13-9)10(17)11-3-5-15-4-1-2-14-15/h1-2,4,8,12H,3,5-7H2,(H,11,17)(H,13,16). The lowest BCUT2D eigenvalue weighted by Crippen LogP contribution is -2.58. The van der Waals surface area contributed by atoms with Gasteiger partial charge in [0.25, 0.3) is 0 Å². The molecule has 0 saturated carbocycles. The molecule has 7 heteroatoms. The van der Waals surface area contributed by atoms with Crippen LogP contribution in [0.2, 0.25) is 0 Å². The van der Waals surface area contributed by atoms with Crippen molar-refractivity contribution in [2.24, 2.45) is 0 Å². The van der Waals surface area contributed by atoms with E-state index in [9.17, 15) is 9.59 Å².